The average molecular weight is 406 g/mol. The van der Waals surface area contributed by atoms with E-state index in [1.54, 1.807) is 12.1 Å². The Balaban J connectivity index is 1.22. The van der Waals surface area contributed by atoms with Crippen LogP contribution in [-0.2, 0) is 0 Å². The molecule has 7 rings (SSSR count). The molecule has 0 aromatic carbocycles. The minimum Gasteiger partial charge on any atom is -0.475 e. The second-order valence-corrected chi connectivity index (χ2v) is 10.00. The molecule has 3 atom stereocenters. The Bertz CT molecular complexity index is 938. The lowest BCUT2D eigenvalue weighted by Crippen LogP contribution is -2.62. The quantitative estimate of drug-likeness (QED) is 0.775. The number of urea groups is 1. The van der Waals surface area contributed by atoms with Crippen molar-refractivity contribution >= 4 is 6.03 Å². The number of amides is 2. The molecular formula is C23H26N4O3. The van der Waals surface area contributed by atoms with Crippen molar-refractivity contribution in [1.82, 2.24) is 14.8 Å². The summed E-state index contributed by atoms with van der Waals surface area (Å²) in [6.07, 6.45) is 10.6. The van der Waals surface area contributed by atoms with Gasteiger partial charge in [0.25, 0.3) is 0 Å². The average Bonchev–Trinajstić information content (AvgIpc) is 3.24. The largest absolute Gasteiger partial charge is 0.475 e. The van der Waals surface area contributed by atoms with Crippen LogP contribution in [-0.4, -0.2) is 62.8 Å². The minimum absolute atomic E-state index is 0.0980. The van der Waals surface area contributed by atoms with Crippen LogP contribution in [0.4, 0.5) is 4.79 Å². The number of hydrogen-bond acceptors (Lipinski definition) is 5. The number of nitrogens with zero attached hydrogens (tertiary/aromatic N) is 4. The standard InChI is InChI=1S/C23H26N4O3/c24-11-15-2-3-19(25-12-15)30-14-22-4-1-5-27(22)21(28)26(13-22)20-17-6-16-7-18(20)10-23(29,8-16)9-17/h1-4,12,16-18,20,29H,5-10,13-14H2/t16?,17?,18?,20?,22-,23?/m0/s1. The Morgan fingerprint density at radius 2 is 2.07 bits per heavy atom. The Labute approximate surface area is 175 Å². The van der Waals surface area contributed by atoms with Crippen LogP contribution in [0.2, 0.25) is 0 Å². The van der Waals surface area contributed by atoms with E-state index in [1.165, 1.54) is 6.20 Å². The third kappa shape index (κ3) is 2.59. The first-order valence-electron chi connectivity index (χ1n) is 11.0. The van der Waals surface area contributed by atoms with E-state index in [0.717, 1.165) is 32.1 Å². The molecule has 0 spiro atoms. The predicted molar refractivity (Wildman–Crippen MR) is 107 cm³/mol. The molecule has 1 N–H and O–H groups in total. The molecule has 3 heterocycles. The summed E-state index contributed by atoms with van der Waals surface area (Å²) in [4.78, 5) is 21.7. The molecule has 4 bridgehead atoms. The highest BCUT2D eigenvalue weighted by atomic mass is 16.5. The van der Waals surface area contributed by atoms with Crippen molar-refractivity contribution in [2.24, 2.45) is 17.8 Å². The molecule has 5 fully saturated rings. The topological polar surface area (TPSA) is 89.7 Å². The third-order valence-corrected chi connectivity index (χ3v) is 8.06. The number of fused-ring (bicyclic) bond motifs is 1. The summed E-state index contributed by atoms with van der Waals surface area (Å²) in [5.74, 6) is 1.91. The summed E-state index contributed by atoms with van der Waals surface area (Å²) in [7, 11) is 0. The van der Waals surface area contributed by atoms with Gasteiger partial charge >= 0.3 is 6.03 Å². The van der Waals surface area contributed by atoms with Crippen molar-refractivity contribution in [2.75, 3.05) is 19.7 Å². The van der Waals surface area contributed by atoms with Crippen LogP contribution >= 0.6 is 0 Å². The molecule has 0 radical (unpaired) electrons. The van der Waals surface area contributed by atoms with Gasteiger partial charge in [0, 0.05) is 24.8 Å². The number of pyridine rings is 1. The van der Waals surface area contributed by atoms with Crippen molar-refractivity contribution in [2.45, 2.75) is 49.3 Å². The molecule has 1 aromatic heterocycles. The van der Waals surface area contributed by atoms with Gasteiger partial charge in [-0.25, -0.2) is 9.78 Å². The lowest BCUT2D eigenvalue weighted by molar-refractivity contribution is -0.152. The van der Waals surface area contributed by atoms with Gasteiger partial charge in [0.15, 0.2) is 0 Å². The van der Waals surface area contributed by atoms with Crippen LogP contribution in [0.1, 0.15) is 37.7 Å². The van der Waals surface area contributed by atoms with Crippen LogP contribution in [0, 0.1) is 29.1 Å². The molecule has 2 unspecified atom stereocenters. The van der Waals surface area contributed by atoms with Crippen molar-refractivity contribution in [3.05, 3.63) is 36.0 Å². The number of hydrogen-bond donors (Lipinski definition) is 1. The normalized spacial score (nSPS) is 40.7. The Kier molecular flexibility index (Phi) is 3.77. The molecule has 1 saturated heterocycles. The van der Waals surface area contributed by atoms with Crippen LogP contribution in [0.3, 0.4) is 0 Å². The van der Waals surface area contributed by atoms with Gasteiger partial charge in [-0.05, 0) is 55.9 Å². The lowest BCUT2D eigenvalue weighted by Gasteiger charge is -2.59. The number of carbonyl (C=O) groups excluding carboxylic acids is 1. The summed E-state index contributed by atoms with van der Waals surface area (Å²) >= 11 is 0. The Morgan fingerprint density at radius 1 is 1.27 bits per heavy atom. The van der Waals surface area contributed by atoms with Crippen molar-refractivity contribution in [1.29, 1.82) is 5.26 Å². The molecule has 30 heavy (non-hydrogen) atoms. The fourth-order valence-electron chi connectivity index (χ4n) is 7.17. The Hall–Kier alpha value is -2.59. The van der Waals surface area contributed by atoms with E-state index >= 15 is 0 Å². The highest BCUT2D eigenvalue weighted by Crippen LogP contribution is 2.57. The van der Waals surface area contributed by atoms with Crippen LogP contribution in [0.15, 0.2) is 30.5 Å². The second-order valence-electron chi connectivity index (χ2n) is 10.00. The van der Waals surface area contributed by atoms with Crippen LogP contribution in [0.5, 0.6) is 5.88 Å². The first kappa shape index (κ1) is 18.2. The molecule has 2 amide bonds. The van der Waals surface area contributed by atoms with E-state index in [9.17, 15) is 9.90 Å². The van der Waals surface area contributed by atoms with E-state index in [-0.39, 0.29) is 12.1 Å². The number of aromatic nitrogens is 1. The number of ether oxygens (including phenoxy) is 1. The summed E-state index contributed by atoms with van der Waals surface area (Å²) < 4.78 is 5.98. The van der Waals surface area contributed by atoms with E-state index in [4.69, 9.17) is 10.00 Å². The first-order valence-corrected chi connectivity index (χ1v) is 11.0. The molecule has 6 aliphatic rings. The van der Waals surface area contributed by atoms with Crippen LogP contribution in [0.25, 0.3) is 0 Å². The molecule has 7 nitrogen and oxygen atoms in total. The smallest absolute Gasteiger partial charge is 0.321 e. The number of carbonyl (C=O) groups is 1. The number of nitriles is 1. The second kappa shape index (κ2) is 6.21. The van der Waals surface area contributed by atoms with Gasteiger partial charge in [0.1, 0.15) is 18.2 Å². The van der Waals surface area contributed by atoms with Gasteiger partial charge in [-0.3, -0.25) is 0 Å². The molecule has 2 aliphatic heterocycles. The lowest BCUT2D eigenvalue weighted by atomic mass is 9.52. The van der Waals surface area contributed by atoms with Crippen molar-refractivity contribution in [3.63, 3.8) is 0 Å². The van der Waals surface area contributed by atoms with E-state index in [0.29, 0.717) is 48.9 Å². The first-order chi connectivity index (χ1) is 14.5. The zero-order chi connectivity index (χ0) is 20.5. The SMILES string of the molecule is N#Cc1ccc(OC[C@@]23C=CCN2C(=O)N(C2C4CC5CC2CC(O)(C5)C4)C3)nc1. The zero-order valence-electron chi connectivity index (χ0n) is 16.9. The molecule has 4 saturated carbocycles. The molecule has 1 aromatic rings. The van der Waals surface area contributed by atoms with Crippen molar-refractivity contribution < 1.29 is 14.6 Å². The third-order valence-electron chi connectivity index (χ3n) is 8.06. The predicted octanol–water partition coefficient (Wildman–Crippen LogP) is 2.32. The van der Waals surface area contributed by atoms with Gasteiger partial charge in [-0.1, -0.05) is 12.2 Å². The van der Waals surface area contributed by atoms with Gasteiger partial charge in [-0.2, -0.15) is 5.26 Å². The fourth-order valence-corrected chi connectivity index (χ4v) is 7.17. The number of rotatable bonds is 4. The fraction of sp³-hybridized carbons (Fsp3) is 0.609. The van der Waals surface area contributed by atoms with E-state index in [2.05, 4.69) is 22.0 Å². The van der Waals surface area contributed by atoms with Gasteiger partial charge < -0.3 is 19.6 Å². The highest BCUT2D eigenvalue weighted by Gasteiger charge is 2.60. The van der Waals surface area contributed by atoms with Gasteiger partial charge in [0.2, 0.25) is 5.88 Å². The van der Waals surface area contributed by atoms with E-state index in [1.807, 2.05) is 11.0 Å². The van der Waals surface area contributed by atoms with Crippen molar-refractivity contribution in [3.8, 4) is 11.9 Å². The molecule has 4 aliphatic carbocycles. The maximum Gasteiger partial charge on any atom is 0.321 e. The summed E-state index contributed by atoms with van der Waals surface area (Å²) in [6.45, 7) is 1.58. The molecule has 156 valence electrons. The maximum absolute atomic E-state index is 13.4. The number of aliphatic hydroxyl groups is 1. The molecule has 7 heteroatoms. The summed E-state index contributed by atoms with van der Waals surface area (Å²) in [5.41, 5.74) is -0.472. The van der Waals surface area contributed by atoms with E-state index < -0.39 is 11.1 Å². The van der Waals surface area contributed by atoms with Gasteiger partial charge in [-0.15, -0.1) is 0 Å². The summed E-state index contributed by atoms with van der Waals surface area (Å²) in [5, 5.41) is 19.8. The summed E-state index contributed by atoms with van der Waals surface area (Å²) in [6, 6.07) is 5.78. The maximum atomic E-state index is 13.4. The Morgan fingerprint density at radius 3 is 2.73 bits per heavy atom. The minimum atomic E-state index is -0.492. The van der Waals surface area contributed by atoms with Gasteiger partial charge in [0.05, 0.1) is 17.7 Å². The molecular weight excluding hydrogens is 380 g/mol. The zero-order valence-corrected chi connectivity index (χ0v) is 16.9. The van der Waals surface area contributed by atoms with Crippen LogP contribution < -0.4 is 4.74 Å². The monoisotopic (exact) mass is 406 g/mol. The highest BCUT2D eigenvalue weighted by molar-refractivity contribution is 5.80.